The average Bonchev–Trinajstić information content (AvgIpc) is 2.32. The van der Waals surface area contributed by atoms with E-state index in [1.165, 1.54) is 12.1 Å². The minimum atomic E-state index is -4.66. The summed E-state index contributed by atoms with van der Waals surface area (Å²) in [5.74, 6) is 0. The van der Waals surface area contributed by atoms with Gasteiger partial charge in [-0.05, 0) is 12.1 Å². The Kier molecular flexibility index (Phi) is 4.60. The predicted octanol–water partition coefficient (Wildman–Crippen LogP) is 3.83. The minimum absolute atomic E-state index is 0.128. The molecule has 0 fully saturated rings. The third kappa shape index (κ3) is 3.50. The largest absolute Gasteiger partial charge is 0.417 e. The van der Waals surface area contributed by atoms with Gasteiger partial charge in [-0.25, -0.2) is 0 Å². The van der Waals surface area contributed by atoms with E-state index < -0.39 is 22.5 Å². The fourth-order valence-electron chi connectivity index (χ4n) is 1.06. The van der Waals surface area contributed by atoms with Crippen molar-refractivity contribution in [2.24, 2.45) is 5.10 Å². The highest BCUT2D eigenvalue weighted by Gasteiger charge is 2.34. The zero-order valence-electron chi connectivity index (χ0n) is 8.89. The van der Waals surface area contributed by atoms with Gasteiger partial charge in [0.1, 0.15) is 12.1 Å². The Balaban J connectivity index is 3.27. The van der Waals surface area contributed by atoms with Crippen molar-refractivity contribution in [3.05, 3.63) is 27.7 Å². The van der Waals surface area contributed by atoms with E-state index in [0.717, 1.165) is 12.1 Å². The molecule has 9 heteroatoms. The van der Waals surface area contributed by atoms with E-state index in [9.17, 15) is 13.2 Å². The number of nitrogens with zero attached hydrogens (tertiary/aromatic N) is 3. The number of halogens is 5. The second kappa shape index (κ2) is 5.79. The van der Waals surface area contributed by atoms with Crippen LogP contribution in [0, 0.1) is 22.7 Å². The molecule has 0 radical (unpaired) electrons. The molecule has 0 aliphatic rings. The van der Waals surface area contributed by atoms with Gasteiger partial charge in [0.2, 0.25) is 5.71 Å². The zero-order chi connectivity index (χ0) is 14.6. The van der Waals surface area contributed by atoms with E-state index in [-0.39, 0.29) is 10.7 Å². The summed E-state index contributed by atoms with van der Waals surface area (Å²) in [6.07, 6.45) is -4.66. The number of alkyl halides is 3. The Morgan fingerprint density at radius 3 is 2.26 bits per heavy atom. The molecule has 1 aromatic carbocycles. The molecule has 4 nitrogen and oxygen atoms in total. The van der Waals surface area contributed by atoms with Crippen LogP contribution < -0.4 is 5.43 Å². The maximum Gasteiger partial charge on any atom is 0.417 e. The zero-order valence-corrected chi connectivity index (χ0v) is 10.4. The Bertz CT molecular complexity index is 595. The fourth-order valence-corrected chi connectivity index (χ4v) is 1.62. The van der Waals surface area contributed by atoms with Gasteiger partial charge < -0.3 is 0 Å². The van der Waals surface area contributed by atoms with Crippen molar-refractivity contribution in [2.75, 3.05) is 5.43 Å². The van der Waals surface area contributed by atoms with Crippen LogP contribution in [0.2, 0.25) is 10.0 Å². The molecule has 0 amide bonds. The smallest absolute Gasteiger partial charge is 0.273 e. The van der Waals surface area contributed by atoms with Gasteiger partial charge >= 0.3 is 6.18 Å². The van der Waals surface area contributed by atoms with Crippen LogP contribution in [-0.4, -0.2) is 5.71 Å². The molecular weight excluding hydrogens is 304 g/mol. The maximum absolute atomic E-state index is 12.6. The van der Waals surface area contributed by atoms with E-state index >= 15 is 0 Å². The van der Waals surface area contributed by atoms with Crippen LogP contribution in [0.4, 0.5) is 18.9 Å². The Morgan fingerprint density at radius 1 is 1.21 bits per heavy atom. The number of nitrogens with one attached hydrogen (secondary N) is 1. The van der Waals surface area contributed by atoms with Crippen molar-refractivity contribution >= 4 is 34.6 Å². The molecule has 0 aromatic heterocycles. The second-order valence-electron chi connectivity index (χ2n) is 3.08. The van der Waals surface area contributed by atoms with Crippen LogP contribution in [0.5, 0.6) is 0 Å². The molecule has 0 aliphatic carbocycles. The number of rotatable bonds is 2. The van der Waals surface area contributed by atoms with Crippen LogP contribution in [0.1, 0.15) is 5.56 Å². The Morgan fingerprint density at radius 2 is 1.79 bits per heavy atom. The summed E-state index contributed by atoms with van der Waals surface area (Å²) in [6.45, 7) is 0. The first-order valence-corrected chi connectivity index (χ1v) is 5.26. The van der Waals surface area contributed by atoms with Crippen molar-refractivity contribution in [3.63, 3.8) is 0 Å². The molecule has 0 atom stereocenters. The molecule has 0 unspecified atom stereocenters. The molecule has 0 saturated carbocycles. The number of anilines is 1. The molecular formula is C10H3Cl2F3N4. The average molecular weight is 307 g/mol. The van der Waals surface area contributed by atoms with Crippen molar-refractivity contribution < 1.29 is 13.2 Å². The monoisotopic (exact) mass is 306 g/mol. The lowest BCUT2D eigenvalue weighted by molar-refractivity contribution is -0.137. The number of nitriles is 2. The van der Waals surface area contributed by atoms with Crippen molar-refractivity contribution in [1.29, 1.82) is 10.5 Å². The predicted molar refractivity (Wildman–Crippen MR) is 63.7 cm³/mol. The van der Waals surface area contributed by atoms with Gasteiger partial charge in [-0.2, -0.15) is 28.8 Å². The minimum Gasteiger partial charge on any atom is -0.273 e. The topological polar surface area (TPSA) is 72.0 Å². The lowest BCUT2D eigenvalue weighted by atomic mass is 10.2. The first-order chi connectivity index (χ1) is 8.81. The van der Waals surface area contributed by atoms with Gasteiger partial charge in [0, 0.05) is 0 Å². The third-order valence-corrected chi connectivity index (χ3v) is 2.60. The van der Waals surface area contributed by atoms with E-state index in [1.54, 1.807) is 0 Å². The summed E-state index contributed by atoms with van der Waals surface area (Å²) < 4.78 is 37.8. The van der Waals surface area contributed by atoms with Gasteiger partial charge in [0.25, 0.3) is 0 Å². The maximum atomic E-state index is 12.6. The number of hydrogen-bond donors (Lipinski definition) is 1. The highest BCUT2D eigenvalue weighted by atomic mass is 35.5. The summed E-state index contributed by atoms with van der Waals surface area (Å²) in [6, 6.07) is 4.54. The van der Waals surface area contributed by atoms with E-state index in [1.807, 2.05) is 0 Å². The molecule has 0 aliphatic heterocycles. The quantitative estimate of drug-likeness (QED) is 0.666. The van der Waals surface area contributed by atoms with E-state index in [4.69, 9.17) is 33.7 Å². The van der Waals surface area contributed by atoms with Crippen LogP contribution >= 0.6 is 23.2 Å². The molecule has 0 saturated heterocycles. The van der Waals surface area contributed by atoms with Crippen molar-refractivity contribution in [3.8, 4) is 12.1 Å². The lowest BCUT2D eigenvalue weighted by Gasteiger charge is -2.13. The molecule has 1 N–H and O–H groups in total. The normalized spacial score (nSPS) is 10.3. The van der Waals surface area contributed by atoms with E-state index in [2.05, 4.69) is 10.5 Å². The second-order valence-corrected chi connectivity index (χ2v) is 3.86. The van der Waals surface area contributed by atoms with Crippen LogP contribution in [0.25, 0.3) is 0 Å². The Hall–Kier alpha value is -1.96. The van der Waals surface area contributed by atoms with Gasteiger partial charge in [-0.1, -0.05) is 23.2 Å². The van der Waals surface area contributed by atoms with E-state index in [0.29, 0.717) is 0 Å². The molecule has 98 valence electrons. The summed E-state index contributed by atoms with van der Waals surface area (Å²) in [7, 11) is 0. The molecule has 0 bridgehead atoms. The summed E-state index contributed by atoms with van der Waals surface area (Å²) in [5.41, 5.74) is 0.0585. The number of benzene rings is 1. The molecule has 0 heterocycles. The third-order valence-electron chi connectivity index (χ3n) is 1.89. The first kappa shape index (κ1) is 15.1. The molecule has 1 rings (SSSR count). The SMILES string of the molecule is N#CC(C#N)=NNc1c(Cl)ccc(C(F)(F)F)c1Cl. The van der Waals surface area contributed by atoms with Gasteiger partial charge in [-0.3, -0.25) is 5.43 Å². The molecule has 1 aromatic rings. The Labute approximate surface area is 115 Å². The molecule has 19 heavy (non-hydrogen) atoms. The van der Waals surface area contributed by atoms with Gasteiger partial charge in [0.15, 0.2) is 0 Å². The summed E-state index contributed by atoms with van der Waals surface area (Å²) >= 11 is 11.2. The van der Waals surface area contributed by atoms with Crippen molar-refractivity contribution in [2.45, 2.75) is 6.18 Å². The highest BCUT2D eigenvalue weighted by molar-refractivity contribution is 6.39. The van der Waals surface area contributed by atoms with Crippen molar-refractivity contribution in [1.82, 2.24) is 0 Å². The lowest BCUT2D eigenvalue weighted by Crippen LogP contribution is -2.07. The summed E-state index contributed by atoms with van der Waals surface area (Å²) in [5, 5.41) is 19.3. The van der Waals surface area contributed by atoms with Crippen LogP contribution in [-0.2, 0) is 6.18 Å². The first-order valence-electron chi connectivity index (χ1n) is 4.50. The van der Waals surface area contributed by atoms with Crippen LogP contribution in [0.3, 0.4) is 0 Å². The van der Waals surface area contributed by atoms with Crippen LogP contribution in [0.15, 0.2) is 17.2 Å². The van der Waals surface area contributed by atoms with Gasteiger partial charge in [0.05, 0.1) is 21.3 Å². The fraction of sp³-hybridized carbons (Fsp3) is 0.100. The standard InChI is InChI=1S/C10H3Cl2F3N4/c11-7-2-1-6(10(13,14)15)8(12)9(7)19-18-5(3-16)4-17/h1-2,19H. The molecule has 0 spiro atoms. The highest BCUT2D eigenvalue weighted by Crippen LogP contribution is 2.41. The number of hydrogen-bond acceptors (Lipinski definition) is 4. The summed E-state index contributed by atoms with van der Waals surface area (Å²) in [4.78, 5) is 0. The number of hydrazone groups is 1. The van der Waals surface area contributed by atoms with Gasteiger partial charge in [-0.15, -0.1) is 0 Å².